The first kappa shape index (κ1) is 28.4. The summed E-state index contributed by atoms with van der Waals surface area (Å²) in [6, 6.07) is 12.6. The van der Waals surface area contributed by atoms with Gasteiger partial charge in [0.15, 0.2) is 11.5 Å². The molecule has 0 bridgehead atoms. The van der Waals surface area contributed by atoms with Crippen LogP contribution in [0.3, 0.4) is 0 Å². The van der Waals surface area contributed by atoms with E-state index in [9.17, 15) is 19.2 Å². The summed E-state index contributed by atoms with van der Waals surface area (Å²) < 4.78 is 21.5. The van der Waals surface area contributed by atoms with Crippen molar-refractivity contribution in [2.24, 2.45) is 0 Å². The lowest BCUT2D eigenvalue weighted by molar-refractivity contribution is -0.118. The molecule has 0 saturated heterocycles. The Morgan fingerprint density at radius 3 is 1.29 bits per heavy atom. The molecule has 0 unspecified atom stereocenters. The number of hydrogen-bond donors (Lipinski definition) is 0. The number of rotatable bonds is 14. The molecule has 0 heterocycles. The van der Waals surface area contributed by atoms with Gasteiger partial charge in [-0.2, -0.15) is 0 Å². The molecule has 0 aromatic heterocycles. The number of ether oxygens (including phenoxy) is 4. The summed E-state index contributed by atoms with van der Waals surface area (Å²) in [7, 11) is 0. The Balaban J connectivity index is 1.52. The van der Waals surface area contributed by atoms with Crippen molar-refractivity contribution in [2.75, 3.05) is 13.2 Å². The highest BCUT2D eigenvalue weighted by Gasteiger charge is 2.27. The summed E-state index contributed by atoms with van der Waals surface area (Å²) in [5.74, 6) is -2.83. The molecule has 38 heavy (non-hydrogen) atoms. The maximum atomic E-state index is 12.5. The van der Waals surface area contributed by atoms with Crippen molar-refractivity contribution in [3.05, 3.63) is 83.3 Å². The normalized spacial score (nSPS) is 12.9. The van der Waals surface area contributed by atoms with Crippen LogP contribution in [0.15, 0.2) is 72.2 Å². The molecule has 3 rings (SSSR count). The van der Waals surface area contributed by atoms with Crippen molar-refractivity contribution < 1.29 is 38.1 Å². The summed E-state index contributed by atoms with van der Waals surface area (Å²) in [5, 5.41) is 0. The van der Waals surface area contributed by atoms with Gasteiger partial charge in [-0.15, -0.1) is 0 Å². The lowest BCUT2D eigenvalue weighted by Crippen LogP contribution is -2.20. The minimum atomic E-state index is -0.805. The zero-order chi connectivity index (χ0) is 27.3. The quantitative estimate of drug-likeness (QED) is 0.176. The molecule has 0 N–H and O–H groups in total. The SMILES string of the molecule is CCCCCOc1ccc(C(=O)OC2=CC(=O)C(OC(=O)c3ccc(OCCCCC)cc3)=CC2=O)cc1. The van der Waals surface area contributed by atoms with Gasteiger partial charge in [0.25, 0.3) is 0 Å². The van der Waals surface area contributed by atoms with Crippen molar-refractivity contribution in [1.29, 1.82) is 0 Å². The Hall–Kier alpha value is -4.20. The van der Waals surface area contributed by atoms with Gasteiger partial charge in [-0.1, -0.05) is 39.5 Å². The molecule has 0 spiro atoms. The van der Waals surface area contributed by atoms with Crippen molar-refractivity contribution in [3.63, 3.8) is 0 Å². The van der Waals surface area contributed by atoms with Crippen molar-refractivity contribution in [2.45, 2.75) is 52.4 Å². The monoisotopic (exact) mass is 520 g/mol. The van der Waals surface area contributed by atoms with Gasteiger partial charge >= 0.3 is 11.9 Å². The van der Waals surface area contributed by atoms with E-state index in [1.807, 2.05) is 0 Å². The largest absolute Gasteiger partial charge is 0.494 e. The molecule has 2 aromatic rings. The molecular weight excluding hydrogens is 488 g/mol. The van der Waals surface area contributed by atoms with Crippen LogP contribution in [0.2, 0.25) is 0 Å². The maximum absolute atomic E-state index is 12.5. The Bertz CT molecular complexity index is 1090. The van der Waals surface area contributed by atoms with E-state index in [1.165, 1.54) is 24.3 Å². The van der Waals surface area contributed by atoms with E-state index in [0.717, 1.165) is 50.7 Å². The van der Waals surface area contributed by atoms with Crippen LogP contribution in [0.4, 0.5) is 0 Å². The lowest BCUT2D eigenvalue weighted by Gasteiger charge is -2.13. The van der Waals surface area contributed by atoms with E-state index < -0.39 is 35.0 Å². The van der Waals surface area contributed by atoms with E-state index >= 15 is 0 Å². The smallest absolute Gasteiger partial charge is 0.343 e. The highest BCUT2D eigenvalue weighted by Crippen LogP contribution is 2.20. The third-order valence-corrected chi connectivity index (χ3v) is 5.63. The molecule has 0 fully saturated rings. The molecule has 0 radical (unpaired) electrons. The second-order valence-electron chi connectivity index (χ2n) is 8.68. The number of benzene rings is 2. The zero-order valence-corrected chi connectivity index (χ0v) is 21.7. The standard InChI is InChI=1S/C30H32O8/c1-3-5-7-17-35-23-13-9-21(10-14-23)29(33)37-27-19-26(32)28(20-25(27)31)38-30(34)22-11-15-24(16-12-22)36-18-8-6-4-2/h9-16,19-20H,3-8,17-18H2,1-2H3. The molecule has 8 nitrogen and oxygen atoms in total. The molecule has 0 saturated carbocycles. The fourth-order valence-electron chi connectivity index (χ4n) is 3.46. The second kappa shape index (κ2) is 14.5. The molecule has 2 aromatic carbocycles. The first-order valence-electron chi connectivity index (χ1n) is 12.8. The summed E-state index contributed by atoms with van der Waals surface area (Å²) in [6.45, 7) is 5.38. The average Bonchev–Trinajstić information content (AvgIpc) is 2.92. The number of allylic oxidation sites excluding steroid dienone is 2. The van der Waals surface area contributed by atoms with E-state index in [2.05, 4.69) is 13.8 Å². The van der Waals surface area contributed by atoms with Crippen LogP contribution < -0.4 is 9.47 Å². The van der Waals surface area contributed by atoms with Crippen molar-refractivity contribution >= 4 is 23.5 Å². The first-order chi connectivity index (χ1) is 18.4. The second-order valence-corrected chi connectivity index (χ2v) is 8.68. The molecule has 1 aliphatic carbocycles. The van der Waals surface area contributed by atoms with E-state index in [4.69, 9.17) is 18.9 Å². The highest BCUT2D eigenvalue weighted by atomic mass is 16.5. The third kappa shape index (κ3) is 8.44. The number of ketones is 2. The van der Waals surface area contributed by atoms with Crippen LogP contribution in [0.5, 0.6) is 11.5 Å². The van der Waals surface area contributed by atoms with Crippen LogP contribution in [-0.4, -0.2) is 36.7 Å². The molecule has 1 aliphatic rings. The fraction of sp³-hybridized carbons (Fsp3) is 0.333. The van der Waals surface area contributed by atoms with Crippen LogP contribution in [0.25, 0.3) is 0 Å². The minimum Gasteiger partial charge on any atom is -0.494 e. The first-order valence-corrected chi connectivity index (χ1v) is 12.8. The number of unbranched alkanes of at least 4 members (excludes halogenated alkanes) is 4. The number of esters is 2. The Kier molecular flexibility index (Phi) is 10.8. The predicted molar refractivity (Wildman–Crippen MR) is 140 cm³/mol. The molecule has 0 aliphatic heterocycles. The van der Waals surface area contributed by atoms with Gasteiger partial charge in [0, 0.05) is 12.2 Å². The third-order valence-electron chi connectivity index (χ3n) is 5.63. The van der Waals surface area contributed by atoms with Crippen LogP contribution in [0.1, 0.15) is 73.1 Å². The summed E-state index contributed by atoms with van der Waals surface area (Å²) in [4.78, 5) is 49.8. The van der Waals surface area contributed by atoms with Gasteiger partial charge in [-0.25, -0.2) is 9.59 Å². The molecule has 0 amide bonds. The zero-order valence-electron chi connectivity index (χ0n) is 21.7. The highest BCUT2D eigenvalue weighted by molar-refractivity contribution is 6.19. The summed E-state index contributed by atoms with van der Waals surface area (Å²) in [6.07, 6.45) is 7.88. The summed E-state index contributed by atoms with van der Waals surface area (Å²) in [5.41, 5.74) is 0.372. The maximum Gasteiger partial charge on any atom is 0.343 e. The molecular formula is C30H32O8. The van der Waals surface area contributed by atoms with Crippen LogP contribution in [-0.2, 0) is 19.1 Å². The lowest BCUT2D eigenvalue weighted by atomic mass is 10.1. The topological polar surface area (TPSA) is 105 Å². The van der Waals surface area contributed by atoms with Gasteiger partial charge < -0.3 is 18.9 Å². The molecule has 200 valence electrons. The van der Waals surface area contributed by atoms with Crippen LogP contribution in [0, 0.1) is 0 Å². The summed E-state index contributed by atoms with van der Waals surface area (Å²) >= 11 is 0. The van der Waals surface area contributed by atoms with Gasteiger partial charge in [-0.3, -0.25) is 9.59 Å². The van der Waals surface area contributed by atoms with Gasteiger partial charge in [-0.05, 0) is 61.4 Å². The van der Waals surface area contributed by atoms with Gasteiger partial charge in [0.05, 0.1) is 24.3 Å². The average molecular weight is 521 g/mol. The Labute approximate surface area is 222 Å². The molecule has 0 atom stereocenters. The van der Waals surface area contributed by atoms with Crippen molar-refractivity contribution in [3.8, 4) is 11.5 Å². The minimum absolute atomic E-state index is 0.186. The van der Waals surface area contributed by atoms with Crippen LogP contribution >= 0.6 is 0 Å². The number of carbonyl (C=O) groups is 4. The van der Waals surface area contributed by atoms with E-state index in [0.29, 0.717) is 24.7 Å². The Morgan fingerprint density at radius 2 is 0.947 bits per heavy atom. The Morgan fingerprint density at radius 1 is 0.579 bits per heavy atom. The fourth-order valence-corrected chi connectivity index (χ4v) is 3.46. The van der Waals surface area contributed by atoms with Gasteiger partial charge in [0.1, 0.15) is 11.5 Å². The predicted octanol–water partition coefficient (Wildman–Crippen LogP) is 5.76. The van der Waals surface area contributed by atoms with Gasteiger partial charge in [0.2, 0.25) is 11.6 Å². The number of carbonyl (C=O) groups excluding carboxylic acids is 4. The van der Waals surface area contributed by atoms with Crippen molar-refractivity contribution in [1.82, 2.24) is 0 Å². The van der Waals surface area contributed by atoms with E-state index in [1.54, 1.807) is 24.3 Å². The number of hydrogen-bond acceptors (Lipinski definition) is 8. The molecule has 8 heteroatoms. The van der Waals surface area contributed by atoms with E-state index in [-0.39, 0.29) is 11.1 Å².